The highest BCUT2D eigenvalue weighted by atomic mass is 35.5. The Balaban J connectivity index is 3.06. The van der Waals surface area contributed by atoms with E-state index in [1.54, 1.807) is 0 Å². The molecule has 0 spiro atoms. The van der Waals surface area contributed by atoms with E-state index in [0.717, 1.165) is 24.1 Å². The lowest BCUT2D eigenvalue weighted by atomic mass is 10.1. The van der Waals surface area contributed by atoms with Crippen molar-refractivity contribution in [3.05, 3.63) is 28.3 Å². The highest BCUT2D eigenvalue weighted by Crippen LogP contribution is 2.24. The zero-order valence-corrected chi connectivity index (χ0v) is 14.7. The summed E-state index contributed by atoms with van der Waals surface area (Å²) in [4.78, 5) is 0.268. The van der Waals surface area contributed by atoms with Gasteiger partial charge in [0.1, 0.15) is 0 Å². The van der Waals surface area contributed by atoms with Gasteiger partial charge < -0.3 is 5.32 Å². The molecule has 0 radical (unpaired) electrons. The van der Waals surface area contributed by atoms with Crippen molar-refractivity contribution in [1.82, 2.24) is 10.0 Å². The standard InChI is InChI=1S/C15H25ClN2O2S/c1-5-6-17-10-13-7-14(16)8-15(12(13)4)21(19,20)18-9-11(2)3/h7-8,11,17-18H,5-6,9-10H2,1-4H3. The molecule has 0 unspecified atom stereocenters. The van der Waals surface area contributed by atoms with E-state index >= 15 is 0 Å². The van der Waals surface area contributed by atoms with Crippen molar-refractivity contribution in [3.63, 3.8) is 0 Å². The van der Waals surface area contributed by atoms with Crippen LogP contribution in [0.5, 0.6) is 0 Å². The number of rotatable bonds is 8. The summed E-state index contributed by atoms with van der Waals surface area (Å²) in [6.07, 6.45) is 1.03. The van der Waals surface area contributed by atoms with Crippen LogP contribution in [-0.4, -0.2) is 21.5 Å². The second-order valence-electron chi connectivity index (χ2n) is 5.61. The molecule has 0 saturated heterocycles. The molecule has 0 atom stereocenters. The van der Waals surface area contributed by atoms with Gasteiger partial charge >= 0.3 is 0 Å². The van der Waals surface area contributed by atoms with Crippen LogP contribution in [0, 0.1) is 12.8 Å². The van der Waals surface area contributed by atoms with Crippen molar-refractivity contribution in [2.75, 3.05) is 13.1 Å². The minimum absolute atomic E-state index is 0.255. The second kappa shape index (κ2) is 8.13. The van der Waals surface area contributed by atoms with Gasteiger partial charge in [-0.3, -0.25) is 0 Å². The zero-order chi connectivity index (χ0) is 16.0. The van der Waals surface area contributed by atoms with E-state index < -0.39 is 10.0 Å². The normalized spacial score (nSPS) is 12.1. The maximum atomic E-state index is 12.4. The summed E-state index contributed by atoms with van der Waals surface area (Å²) in [6.45, 7) is 9.76. The highest BCUT2D eigenvalue weighted by Gasteiger charge is 2.19. The average Bonchev–Trinajstić information content (AvgIpc) is 2.40. The summed E-state index contributed by atoms with van der Waals surface area (Å²) in [7, 11) is -3.52. The van der Waals surface area contributed by atoms with Gasteiger partial charge in [-0.1, -0.05) is 32.4 Å². The fourth-order valence-electron chi connectivity index (χ4n) is 1.92. The monoisotopic (exact) mass is 332 g/mol. The third-order valence-corrected chi connectivity index (χ3v) is 4.91. The number of sulfonamides is 1. The molecular weight excluding hydrogens is 308 g/mol. The predicted molar refractivity (Wildman–Crippen MR) is 88.2 cm³/mol. The van der Waals surface area contributed by atoms with Gasteiger partial charge in [-0.25, -0.2) is 13.1 Å². The summed E-state index contributed by atoms with van der Waals surface area (Å²) in [5.41, 5.74) is 1.67. The van der Waals surface area contributed by atoms with Gasteiger partial charge in [0.25, 0.3) is 0 Å². The Morgan fingerprint density at radius 1 is 1.29 bits per heavy atom. The van der Waals surface area contributed by atoms with Gasteiger partial charge in [0.2, 0.25) is 10.0 Å². The first-order valence-electron chi connectivity index (χ1n) is 7.27. The molecule has 0 aliphatic carbocycles. The number of nitrogens with one attached hydrogen (secondary N) is 2. The van der Waals surface area contributed by atoms with E-state index in [0.29, 0.717) is 18.1 Å². The molecule has 0 saturated carbocycles. The molecule has 120 valence electrons. The Hall–Kier alpha value is -0.620. The van der Waals surface area contributed by atoms with Gasteiger partial charge in [0.05, 0.1) is 4.90 Å². The van der Waals surface area contributed by atoms with E-state index in [9.17, 15) is 8.42 Å². The second-order valence-corrected chi connectivity index (χ2v) is 7.78. The molecule has 0 aromatic heterocycles. The smallest absolute Gasteiger partial charge is 0.240 e. The third kappa shape index (κ3) is 5.58. The molecule has 0 amide bonds. The molecule has 21 heavy (non-hydrogen) atoms. The van der Waals surface area contributed by atoms with Crippen LogP contribution in [-0.2, 0) is 16.6 Å². The molecule has 1 rings (SSSR count). The van der Waals surface area contributed by atoms with Crippen LogP contribution in [0.1, 0.15) is 38.3 Å². The molecule has 0 bridgehead atoms. The van der Waals surface area contributed by atoms with Gasteiger partial charge in [-0.05, 0) is 49.1 Å². The van der Waals surface area contributed by atoms with Crippen LogP contribution in [0.4, 0.5) is 0 Å². The average molecular weight is 333 g/mol. The largest absolute Gasteiger partial charge is 0.313 e. The maximum Gasteiger partial charge on any atom is 0.240 e. The summed E-state index contributed by atoms with van der Waals surface area (Å²) < 4.78 is 27.4. The quantitative estimate of drug-likeness (QED) is 0.719. The first-order chi connectivity index (χ1) is 9.77. The van der Waals surface area contributed by atoms with Crippen molar-refractivity contribution in [1.29, 1.82) is 0 Å². The first kappa shape index (κ1) is 18.4. The fourth-order valence-corrected chi connectivity index (χ4v) is 3.75. The van der Waals surface area contributed by atoms with Crippen LogP contribution in [0.2, 0.25) is 5.02 Å². The summed E-state index contributed by atoms with van der Waals surface area (Å²) in [5.74, 6) is 0.255. The van der Waals surface area contributed by atoms with Crippen LogP contribution in [0.15, 0.2) is 17.0 Å². The van der Waals surface area contributed by atoms with E-state index in [-0.39, 0.29) is 10.8 Å². The Kier molecular flexibility index (Phi) is 7.13. The van der Waals surface area contributed by atoms with Gasteiger partial charge in [0, 0.05) is 18.1 Å². The predicted octanol–water partition coefficient (Wildman–Crippen LogP) is 3.08. The van der Waals surface area contributed by atoms with Gasteiger partial charge in [0.15, 0.2) is 0 Å². The Morgan fingerprint density at radius 3 is 2.52 bits per heavy atom. The lowest BCUT2D eigenvalue weighted by Crippen LogP contribution is -2.28. The zero-order valence-electron chi connectivity index (χ0n) is 13.2. The van der Waals surface area contributed by atoms with Crippen LogP contribution in [0.25, 0.3) is 0 Å². The summed E-state index contributed by atoms with van der Waals surface area (Å²) >= 11 is 6.08. The fraction of sp³-hybridized carbons (Fsp3) is 0.600. The number of benzene rings is 1. The molecule has 0 aliphatic rings. The molecule has 1 aromatic rings. The van der Waals surface area contributed by atoms with Crippen molar-refractivity contribution in [2.24, 2.45) is 5.92 Å². The van der Waals surface area contributed by atoms with Crippen LogP contribution < -0.4 is 10.0 Å². The molecule has 0 heterocycles. The van der Waals surface area contributed by atoms with Crippen LogP contribution >= 0.6 is 11.6 Å². The Labute approximate surface area is 133 Å². The lowest BCUT2D eigenvalue weighted by Gasteiger charge is -2.15. The molecule has 0 fully saturated rings. The SMILES string of the molecule is CCCNCc1cc(Cl)cc(S(=O)(=O)NCC(C)C)c1C. The van der Waals surface area contributed by atoms with Crippen molar-refractivity contribution < 1.29 is 8.42 Å². The molecule has 2 N–H and O–H groups in total. The summed E-state index contributed by atoms with van der Waals surface area (Å²) in [6, 6.07) is 3.34. The first-order valence-corrected chi connectivity index (χ1v) is 9.13. The van der Waals surface area contributed by atoms with E-state index in [1.165, 1.54) is 6.07 Å². The lowest BCUT2D eigenvalue weighted by molar-refractivity contribution is 0.559. The third-order valence-electron chi connectivity index (χ3n) is 3.15. The topological polar surface area (TPSA) is 58.2 Å². The van der Waals surface area contributed by atoms with Crippen molar-refractivity contribution >= 4 is 21.6 Å². The number of hydrogen-bond acceptors (Lipinski definition) is 3. The molecule has 4 nitrogen and oxygen atoms in total. The number of hydrogen-bond donors (Lipinski definition) is 2. The highest BCUT2D eigenvalue weighted by molar-refractivity contribution is 7.89. The van der Waals surface area contributed by atoms with Crippen molar-refractivity contribution in [3.8, 4) is 0 Å². The van der Waals surface area contributed by atoms with Crippen molar-refractivity contribution in [2.45, 2.75) is 45.6 Å². The van der Waals surface area contributed by atoms with Gasteiger partial charge in [-0.2, -0.15) is 0 Å². The molecular formula is C15H25ClN2O2S. The Bertz CT molecular complexity index is 571. The van der Waals surface area contributed by atoms with E-state index in [2.05, 4.69) is 17.0 Å². The summed E-state index contributed by atoms with van der Waals surface area (Å²) in [5, 5.41) is 3.72. The Morgan fingerprint density at radius 2 is 1.95 bits per heavy atom. The minimum Gasteiger partial charge on any atom is -0.313 e. The van der Waals surface area contributed by atoms with E-state index in [1.807, 2.05) is 26.8 Å². The molecule has 1 aromatic carbocycles. The van der Waals surface area contributed by atoms with E-state index in [4.69, 9.17) is 11.6 Å². The maximum absolute atomic E-state index is 12.4. The number of halogens is 1. The van der Waals surface area contributed by atoms with Gasteiger partial charge in [-0.15, -0.1) is 0 Å². The van der Waals surface area contributed by atoms with Crippen LogP contribution in [0.3, 0.4) is 0 Å². The molecule has 6 heteroatoms. The minimum atomic E-state index is -3.52. The molecule has 0 aliphatic heterocycles.